The normalized spacial score (nSPS) is 23.5. The van der Waals surface area contributed by atoms with E-state index in [0.29, 0.717) is 0 Å². The number of rotatable bonds is 3. The molecule has 0 saturated carbocycles. The summed E-state index contributed by atoms with van der Waals surface area (Å²) in [6.45, 7) is 5.82. The van der Waals surface area contributed by atoms with Crippen molar-refractivity contribution in [1.29, 1.82) is 0 Å². The van der Waals surface area contributed by atoms with E-state index in [1.54, 1.807) is 24.3 Å². The molecular weight excluding hydrogens is 404 g/mol. The number of dihydropyridines is 1. The summed E-state index contributed by atoms with van der Waals surface area (Å²) in [7, 11) is 1.65. The first-order valence-electron chi connectivity index (χ1n) is 11.1. The first-order chi connectivity index (χ1) is 15.4. The topological polar surface area (TPSA) is 81.8 Å². The molecule has 0 bridgehead atoms. The number of amides is 2. The van der Waals surface area contributed by atoms with Gasteiger partial charge in [-0.15, -0.1) is 0 Å². The molecule has 8 heteroatoms. The summed E-state index contributed by atoms with van der Waals surface area (Å²) < 4.78 is 1.44. The lowest BCUT2D eigenvalue weighted by Gasteiger charge is -2.42. The molecule has 0 N–H and O–H groups in total. The average Bonchev–Trinajstić information content (AvgIpc) is 2.82. The van der Waals surface area contributed by atoms with Gasteiger partial charge in [-0.25, -0.2) is 4.79 Å². The van der Waals surface area contributed by atoms with Gasteiger partial charge >= 0.3 is 11.8 Å². The molecule has 0 aliphatic carbocycles. The van der Waals surface area contributed by atoms with Crippen LogP contribution in [0.5, 0.6) is 0 Å². The first-order valence-corrected chi connectivity index (χ1v) is 11.1. The molecule has 1 saturated heterocycles. The van der Waals surface area contributed by atoms with E-state index < -0.39 is 18.0 Å². The van der Waals surface area contributed by atoms with Gasteiger partial charge in [-0.1, -0.05) is 6.07 Å². The first kappa shape index (κ1) is 20.6. The Morgan fingerprint density at radius 3 is 2.53 bits per heavy atom. The third-order valence-corrected chi connectivity index (χ3v) is 6.87. The summed E-state index contributed by atoms with van der Waals surface area (Å²) in [5.41, 5.74) is 4.63. The van der Waals surface area contributed by atoms with E-state index in [4.69, 9.17) is 4.99 Å². The van der Waals surface area contributed by atoms with Crippen LogP contribution in [-0.2, 0) is 9.59 Å². The molecule has 8 nitrogen and oxygen atoms in total. The van der Waals surface area contributed by atoms with Gasteiger partial charge in [0, 0.05) is 49.4 Å². The number of aromatic nitrogens is 2. The quantitative estimate of drug-likeness (QED) is 0.548. The standard InChI is InChI=1S/C24H27N6O2/c1-15-4-7-21-22(27-15)30(24(32)23(31)28(21)3)18-8-12-29(13-9-18)16(2)17-5-6-19-20(14-17)26-11-10-25-19/h4-7,10-11,14,16,18,22H,8-9,12-13H2,1-3H3/q+1. The van der Waals surface area contributed by atoms with Gasteiger partial charge in [-0.3, -0.25) is 29.6 Å². The van der Waals surface area contributed by atoms with Crippen molar-refractivity contribution in [2.75, 3.05) is 20.1 Å². The molecule has 5 rings (SSSR count). The van der Waals surface area contributed by atoms with Crippen molar-refractivity contribution in [2.45, 2.75) is 44.9 Å². The molecule has 32 heavy (non-hydrogen) atoms. The molecule has 4 heterocycles. The predicted octanol–water partition coefficient (Wildman–Crippen LogP) is 1.96. The number of carbonyl (C=O) groups excluding carboxylic acids is 2. The number of allylic oxidation sites excluding steroid dienone is 1. The lowest BCUT2D eigenvalue weighted by atomic mass is 9.96. The van der Waals surface area contributed by atoms with Crippen molar-refractivity contribution >= 4 is 34.3 Å². The molecule has 1 aromatic carbocycles. The number of hydrogen-bond acceptors (Lipinski definition) is 6. The highest BCUT2D eigenvalue weighted by Crippen LogP contribution is 2.30. The van der Waals surface area contributed by atoms with Gasteiger partial charge in [0.1, 0.15) is 7.05 Å². The largest absolute Gasteiger partial charge is 0.477 e. The molecule has 0 radical (unpaired) electrons. The second-order valence-corrected chi connectivity index (χ2v) is 8.73. The molecule has 0 spiro atoms. The van der Waals surface area contributed by atoms with E-state index in [9.17, 15) is 9.59 Å². The van der Waals surface area contributed by atoms with Crippen molar-refractivity contribution in [1.82, 2.24) is 19.8 Å². The van der Waals surface area contributed by atoms with Gasteiger partial charge in [0.15, 0.2) is 0 Å². The minimum atomic E-state index is -0.483. The van der Waals surface area contributed by atoms with Gasteiger partial charge in [0.25, 0.3) is 0 Å². The molecule has 2 aromatic rings. The lowest BCUT2D eigenvalue weighted by Crippen LogP contribution is -2.62. The number of likely N-dealkylation sites (N-methyl/N-ethyl adjacent to an activating group) is 1. The Labute approximate surface area is 187 Å². The Bertz CT molecular complexity index is 1190. The second-order valence-electron chi connectivity index (χ2n) is 8.73. The van der Waals surface area contributed by atoms with E-state index in [2.05, 4.69) is 33.9 Å². The lowest BCUT2D eigenvalue weighted by molar-refractivity contribution is -0.419. The van der Waals surface area contributed by atoms with E-state index in [-0.39, 0.29) is 12.1 Å². The summed E-state index contributed by atoms with van der Waals surface area (Å²) in [6, 6.07) is 6.46. The Hall–Kier alpha value is -3.26. The number of hydrogen-bond donors (Lipinski definition) is 0. The third-order valence-electron chi connectivity index (χ3n) is 6.87. The third kappa shape index (κ3) is 3.44. The summed E-state index contributed by atoms with van der Waals surface area (Å²) in [5.74, 6) is -0.934. The van der Waals surface area contributed by atoms with Gasteiger partial charge in [-0.2, -0.15) is 4.58 Å². The van der Waals surface area contributed by atoms with E-state index in [0.717, 1.165) is 48.4 Å². The van der Waals surface area contributed by atoms with Crippen molar-refractivity contribution in [3.63, 3.8) is 0 Å². The highest BCUT2D eigenvalue weighted by atomic mass is 16.2. The highest BCUT2D eigenvalue weighted by molar-refractivity contribution is 6.35. The van der Waals surface area contributed by atoms with Crippen molar-refractivity contribution in [3.8, 4) is 0 Å². The predicted molar refractivity (Wildman–Crippen MR) is 122 cm³/mol. The highest BCUT2D eigenvalue weighted by Gasteiger charge is 2.49. The summed E-state index contributed by atoms with van der Waals surface area (Å²) in [6.07, 6.45) is 8.42. The molecule has 2 unspecified atom stereocenters. The van der Waals surface area contributed by atoms with E-state index in [1.807, 2.05) is 25.1 Å². The van der Waals surface area contributed by atoms with Crippen LogP contribution in [0.2, 0.25) is 0 Å². The monoisotopic (exact) mass is 431 g/mol. The van der Waals surface area contributed by atoms with Gasteiger partial charge in [0.05, 0.1) is 11.0 Å². The summed E-state index contributed by atoms with van der Waals surface area (Å²) >= 11 is 0. The van der Waals surface area contributed by atoms with Crippen LogP contribution in [0.4, 0.5) is 0 Å². The zero-order chi connectivity index (χ0) is 22.4. The van der Waals surface area contributed by atoms with Crippen LogP contribution >= 0.6 is 0 Å². The summed E-state index contributed by atoms with van der Waals surface area (Å²) in [4.78, 5) is 43.2. The Kier molecular flexibility index (Phi) is 5.17. The smallest absolute Gasteiger partial charge is 0.296 e. The molecular formula is C24H27N6O2+. The zero-order valence-corrected chi connectivity index (χ0v) is 18.6. The molecule has 3 aliphatic rings. The zero-order valence-electron chi connectivity index (χ0n) is 18.6. The van der Waals surface area contributed by atoms with Crippen LogP contribution in [-0.4, -0.2) is 79.9 Å². The van der Waals surface area contributed by atoms with Crippen LogP contribution in [0.1, 0.15) is 38.3 Å². The van der Waals surface area contributed by atoms with Crippen LogP contribution in [0.15, 0.2) is 47.7 Å². The van der Waals surface area contributed by atoms with Crippen LogP contribution in [0.3, 0.4) is 0 Å². The number of benzene rings is 1. The van der Waals surface area contributed by atoms with Crippen molar-refractivity contribution < 1.29 is 14.2 Å². The van der Waals surface area contributed by atoms with Gasteiger partial charge < -0.3 is 0 Å². The number of fused-ring (bicyclic) bond motifs is 2. The average molecular weight is 432 g/mol. The second kappa shape index (κ2) is 8.02. The molecule has 2 amide bonds. The fraction of sp³-hybridized carbons (Fsp3) is 0.417. The maximum atomic E-state index is 13.0. The molecule has 164 valence electrons. The Morgan fingerprint density at radius 1 is 1.06 bits per heavy atom. The molecule has 1 fully saturated rings. The Morgan fingerprint density at radius 2 is 1.78 bits per heavy atom. The number of nitrogens with zero attached hydrogens (tertiary/aromatic N) is 6. The fourth-order valence-electron chi connectivity index (χ4n) is 4.93. The minimum Gasteiger partial charge on any atom is -0.296 e. The number of carbonyl (C=O) groups is 2. The SMILES string of the molecule is CC1=NC2C(=[N+](C)C(=O)C(=O)N2C2CCN(C(C)c3ccc4nccnc4c3)CC2)C=C1. The maximum Gasteiger partial charge on any atom is 0.477 e. The van der Waals surface area contributed by atoms with Crippen molar-refractivity contribution in [2.24, 2.45) is 4.99 Å². The Balaban J connectivity index is 1.33. The van der Waals surface area contributed by atoms with Crippen LogP contribution < -0.4 is 0 Å². The van der Waals surface area contributed by atoms with Gasteiger partial charge in [-0.05, 0) is 50.5 Å². The van der Waals surface area contributed by atoms with E-state index >= 15 is 0 Å². The fourth-order valence-corrected chi connectivity index (χ4v) is 4.93. The van der Waals surface area contributed by atoms with E-state index in [1.165, 1.54) is 10.1 Å². The van der Waals surface area contributed by atoms with Crippen LogP contribution in [0, 0.1) is 0 Å². The molecule has 1 aromatic heterocycles. The molecule has 3 aliphatic heterocycles. The number of piperidine rings is 1. The van der Waals surface area contributed by atoms with Gasteiger partial charge in [0.2, 0.25) is 11.9 Å². The maximum absolute atomic E-state index is 13.0. The van der Waals surface area contributed by atoms with Crippen molar-refractivity contribution in [3.05, 3.63) is 48.3 Å². The molecule has 2 atom stereocenters. The minimum absolute atomic E-state index is 0.00544. The number of aliphatic imine (C=N–C) groups is 1. The van der Waals surface area contributed by atoms with Crippen LogP contribution in [0.25, 0.3) is 11.0 Å². The number of likely N-dealkylation sites (tertiary alicyclic amines) is 1. The summed E-state index contributed by atoms with van der Waals surface area (Å²) in [5, 5.41) is 0.